The van der Waals surface area contributed by atoms with Gasteiger partial charge in [0.25, 0.3) is 0 Å². The molecule has 0 aliphatic heterocycles. The van der Waals surface area contributed by atoms with Crippen LogP contribution >= 0.6 is 23.5 Å². The molecule has 0 fully saturated rings. The average Bonchev–Trinajstić information content (AvgIpc) is 2.25. The topological polar surface area (TPSA) is 0 Å². The maximum atomic E-state index is 2.24. The molecule has 0 saturated heterocycles. The highest BCUT2D eigenvalue weighted by atomic mass is 32.2. The van der Waals surface area contributed by atoms with Crippen molar-refractivity contribution in [3.05, 3.63) is 35.9 Å². The molecule has 1 aromatic carbocycles. The summed E-state index contributed by atoms with van der Waals surface area (Å²) in [6, 6.07) is 10.8. The molecule has 0 spiro atoms. The first-order chi connectivity index (χ1) is 6.88. The molecule has 0 bridgehead atoms. The molecule has 1 atom stereocenters. The number of rotatable bonds is 6. The lowest BCUT2D eigenvalue weighted by molar-refractivity contribution is 1.11. The van der Waals surface area contributed by atoms with Gasteiger partial charge < -0.3 is 0 Å². The monoisotopic (exact) mass is 226 g/mol. The zero-order valence-corrected chi connectivity index (χ0v) is 10.5. The van der Waals surface area contributed by atoms with E-state index >= 15 is 0 Å². The molecular formula is C12H18S2. The molecule has 0 aliphatic rings. The van der Waals surface area contributed by atoms with Crippen LogP contribution in [0.1, 0.15) is 24.7 Å². The van der Waals surface area contributed by atoms with Gasteiger partial charge in [0, 0.05) is 11.0 Å². The minimum Gasteiger partial charge on any atom is -0.161 e. The Bertz CT molecular complexity index is 233. The summed E-state index contributed by atoms with van der Waals surface area (Å²) in [5.41, 5.74) is 1.47. The van der Waals surface area contributed by atoms with E-state index in [9.17, 15) is 0 Å². The average molecular weight is 226 g/mol. The summed E-state index contributed by atoms with van der Waals surface area (Å²) in [5.74, 6) is 3.65. The SMILES string of the molecule is CCSCC(SCC)c1ccccc1. The van der Waals surface area contributed by atoms with Crippen molar-refractivity contribution in [1.82, 2.24) is 0 Å². The summed E-state index contributed by atoms with van der Waals surface area (Å²) in [5, 5.41) is 0.672. The summed E-state index contributed by atoms with van der Waals surface area (Å²) in [6.45, 7) is 4.46. The Morgan fingerprint density at radius 2 is 1.79 bits per heavy atom. The van der Waals surface area contributed by atoms with Gasteiger partial charge in [-0.2, -0.15) is 23.5 Å². The Balaban J connectivity index is 2.58. The van der Waals surface area contributed by atoms with Gasteiger partial charge >= 0.3 is 0 Å². The van der Waals surface area contributed by atoms with Crippen molar-refractivity contribution in [2.75, 3.05) is 17.3 Å². The summed E-state index contributed by atoms with van der Waals surface area (Å²) in [7, 11) is 0. The Morgan fingerprint density at radius 3 is 2.36 bits per heavy atom. The van der Waals surface area contributed by atoms with E-state index in [2.05, 4.69) is 44.2 Å². The van der Waals surface area contributed by atoms with Crippen LogP contribution in [0, 0.1) is 0 Å². The van der Waals surface area contributed by atoms with Crippen molar-refractivity contribution >= 4 is 23.5 Å². The molecule has 0 radical (unpaired) electrons. The molecule has 0 aromatic heterocycles. The zero-order chi connectivity index (χ0) is 10.2. The van der Waals surface area contributed by atoms with Gasteiger partial charge in [0.1, 0.15) is 0 Å². The highest BCUT2D eigenvalue weighted by Crippen LogP contribution is 2.31. The molecule has 0 heterocycles. The predicted molar refractivity (Wildman–Crippen MR) is 70.3 cm³/mol. The second-order valence-corrected chi connectivity index (χ2v) is 5.81. The van der Waals surface area contributed by atoms with Gasteiger partial charge in [0.2, 0.25) is 0 Å². The van der Waals surface area contributed by atoms with Crippen LogP contribution in [-0.4, -0.2) is 17.3 Å². The van der Waals surface area contributed by atoms with Crippen molar-refractivity contribution in [2.24, 2.45) is 0 Å². The summed E-state index contributed by atoms with van der Waals surface area (Å²) >= 11 is 4.08. The standard InChI is InChI=1S/C12H18S2/c1-3-13-10-12(14-4-2)11-8-6-5-7-9-11/h5-9,12H,3-4,10H2,1-2H3. The van der Waals surface area contributed by atoms with Gasteiger partial charge in [-0.05, 0) is 17.1 Å². The Hall–Kier alpha value is -0.0800. The van der Waals surface area contributed by atoms with Gasteiger partial charge in [0.05, 0.1) is 0 Å². The molecule has 0 aliphatic carbocycles. The van der Waals surface area contributed by atoms with Crippen molar-refractivity contribution < 1.29 is 0 Å². The molecule has 0 nitrogen and oxygen atoms in total. The second-order valence-electron chi connectivity index (χ2n) is 3.01. The van der Waals surface area contributed by atoms with Crippen LogP contribution in [0.4, 0.5) is 0 Å². The highest BCUT2D eigenvalue weighted by molar-refractivity contribution is 8.03. The number of benzene rings is 1. The van der Waals surface area contributed by atoms with Gasteiger partial charge in [-0.25, -0.2) is 0 Å². The van der Waals surface area contributed by atoms with Gasteiger partial charge in [-0.3, -0.25) is 0 Å². The number of thioether (sulfide) groups is 2. The number of hydrogen-bond donors (Lipinski definition) is 0. The van der Waals surface area contributed by atoms with Crippen LogP contribution in [0.25, 0.3) is 0 Å². The van der Waals surface area contributed by atoms with E-state index in [1.165, 1.54) is 22.8 Å². The van der Waals surface area contributed by atoms with Gasteiger partial charge in [-0.15, -0.1) is 0 Å². The van der Waals surface area contributed by atoms with E-state index in [4.69, 9.17) is 0 Å². The smallest absolute Gasteiger partial charge is 0.0387 e. The Labute approximate surface area is 95.9 Å². The third-order valence-electron chi connectivity index (χ3n) is 2.01. The molecule has 2 heteroatoms. The van der Waals surface area contributed by atoms with Crippen molar-refractivity contribution in [2.45, 2.75) is 19.1 Å². The first-order valence-corrected chi connectivity index (χ1v) is 7.33. The van der Waals surface area contributed by atoms with Crippen LogP contribution in [0.2, 0.25) is 0 Å². The lowest BCUT2D eigenvalue weighted by Crippen LogP contribution is -1.98. The predicted octanol–water partition coefficient (Wildman–Crippen LogP) is 4.23. The van der Waals surface area contributed by atoms with Gasteiger partial charge in [0.15, 0.2) is 0 Å². The molecule has 1 aromatic rings. The van der Waals surface area contributed by atoms with Crippen LogP contribution in [-0.2, 0) is 0 Å². The van der Waals surface area contributed by atoms with Crippen LogP contribution in [0.15, 0.2) is 30.3 Å². The fraction of sp³-hybridized carbons (Fsp3) is 0.500. The molecular weight excluding hydrogens is 208 g/mol. The lowest BCUT2D eigenvalue weighted by atomic mass is 10.2. The van der Waals surface area contributed by atoms with E-state index in [-0.39, 0.29) is 0 Å². The molecule has 0 amide bonds. The molecule has 1 rings (SSSR count). The van der Waals surface area contributed by atoms with Crippen LogP contribution < -0.4 is 0 Å². The van der Waals surface area contributed by atoms with E-state index in [1.54, 1.807) is 0 Å². The largest absolute Gasteiger partial charge is 0.161 e. The highest BCUT2D eigenvalue weighted by Gasteiger charge is 2.09. The normalized spacial score (nSPS) is 12.7. The number of hydrogen-bond acceptors (Lipinski definition) is 2. The summed E-state index contributed by atoms with van der Waals surface area (Å²) in [6.07, 6.45) is 0. The maximum Gasteiger partial charge on any atom is 0.0387 e. The molecule has 0 N–H and O–H groups in total. The summed E-state index contributed by atoms with van der Waals surface area (Å²) in [4.78, 5) is 0. The van der Waals surface area contributed by atoms with E-state index < -0.39 is 0 Å². The minimum absolute atomic E-state index is 0.672. The van der Waals surface area contributed by atoms with Crippen LogP contribution in [0.5, 0.6) is 0 Å². The van der Waals surface area contributed by atoms with Crippen LogP contribution in [0.3, 0.4) is 0 Å². The van der Waals surface area contributed by atoms with E-state index in [0.29, 0.717) is 5.25 Å². The molecule has 78 valence electrons. The van der Waals surface area contributed by atoms with Gasteiger partial charge in [-0.1, -0.05) is 44.2 Å². The summed E-state index contributed by atoms with van der Waals surface area (Å²) < 4.78 is 0. The minimum atomic E-state index is 0.672. The lowest BCUT2D eigenvalue weighted by Gasteiger charge is -2.15. The van der Waals surface area contributed by atoms with E-state index in [0.717, 1.165) is 0 Å². The first kappa shape index (κ1) is 12.0. The van der Waals surface area contributed by atoms with Crippen molar-refractivity contribution in [3.8, 4) is 0 Å². The van der Waals surface area contributed by atoms with Crippen molar-refractivity contribution in [3.63, 3.8) is 0 Å². The Morgan fingerprint density at radius 1 is 1.07 bits per heavy atom. The molecule has 14 heavy (non-hydrogen) atoms. The van der Waals surface area contributed by atoms with Crippen molar-refractivity contribution in [1.29, 1.82) is 0 Å². The second kappa shape index (κ2) is 7.24. The molecule has 0 saturated carbocycles. The quantitative estimate of drug-likeness (QED) is 0.712. The first-order valence-electron chi connectivity index (χ1n) is 5.12. The third-order valence-corrected chi connectivity index (χ3v) is 4.38. The third kappa shape index (κ3) is 3.97. The zero-order valence-electron chi connectivity index (χ0n) is 8.90. The fourth-order valence-corrected chi connectivity index (χ4v) is 3.40. The fourth-order valence-electron chi connectivity index (χ4n) is 1.33. The Kier molecular flexibility index (Phi) is 6.20. The maximum absolute atomic E-state index is 2.24. The molecule has 1 unspecified atom stereocenters. The van der Waals surface area contributed by atoms with E-state index in [1.807, 2.05) is 23.5 Å².